The predicted molar refractivity (Wildman–Crippen MR) is 41.9 cm³/mol. The molecule has 0 aliphatic carbocycles. The Balaban J connectivity index is 2.79. The summed E-state index contributed by atoms with van der Waals surface area (Å²) in [4.78, 5) is 13.9. The summed E-state index contributed by atoms with van der Waals surface area (Å²) in [5.74, 6) is -0.572. The Bertz CT molecular complexity index is 277. The highest BCUT2D eigenvalue weighted by Crippen LogP contribution is 2.00. The van der Waals surface area contributed by atoms with Crippen LogP contribution >= 0.6 is 12.6 Å². The first kappa shape index (κ1) is 8.20. The van der Waals surface area contributed by atoms with E-state index >= 15 is 0 Å². The lowest BCUT2D eigenvalue weighted by molar-refractivity contribution is -0.110. The van der Waals surface area contributed by atoms with Crippen LogP contribution in [0, 0.1) is 5.95 Å². The molecule has 1 rings (SSSR count). The molecule has 0 aliphatic rings. The first-order chi connectivity index (χ1) is 5.18. The smallest absolute Gasteiger partial charge is 0.213 e. The Labute approximate surface area is 68.9 Å². The van der Waals surface area contributed by atoms with Crippen LogP contribution in [0.4, 0.5) is 4.39 Å². The molecule has 11 heavy (non-hydrogen) atoms. The van der Waals surface area contributed by atoms with Gasteiger partial charge < -0.3 is 0 Å². The largest absolute Gasteiger partial charge is 0.287 e. The standard InChI is InChI=1S/C7H6FNOS/c8-6-3-1-2-5(9-6)4-7(10)11/h1-3H,4H2,(H,10,11). The van der Waals surface area contributed by atoms with Gasteiger partial charge in [0.05, 0.1) is 12.1 Å². The van der Waals surface area contributed by atoms with Crippen LogP contribution < -0.4 is 0 Å². The first-order valence-electron chi connectivity index (χ1n) is 3.02. The average molecular weight is 171 g/mol. The number of carbonyl (C=O) groups is 1. The highest BCUT2D eigenvalue weighted by molar-refractivity contribution is 7.96. The van der Waals surface area contributed by atoms with Gasteiger partial charge in [0, 0.05) is 0 Å². The number of hydrogen-bond donors (Lipinski definition) is 1. The zero-order chi connectivity index (χ0) is 8.27. The Morgan fingerprint density at radius 2 is 2.36 bits per heavy atom. The van der Waals surface area contributed by atoms with Gasteiger partial charge in [-0.1, -0.05) is 6.07 Å². The van der Waals surface area contributed by atoms with Crippen LogP contribution in [0.15, 0.2) is 18.2 Å². The molecule has 58 valence electrons. The van der Waals surface area contributed by atoms with Gasteiger partial charge in [0.1, 0.15) is 0 Å². The zero-order valence-corrected chi connectivity index (χ0v) is 6.51. The third kappa shape index (κ3) is 2.67. The van der Waals surface area contributed by atoms with Crippen molar-refractivity contribution < 1.29 is 9.18 Å². The summed E-state index contributed by atoms with van der Waals surface area (Å²) in [6.07, 6.45) is 0.0703. The van der Waals surface area contributed by atoms with Gasteiger partial charge in [-0.05, 0) is 12.1 Å². The molecular formula is C7H6FNOS. The molecular weight excluding hydrogens is 165 g/mol. The molecule has 0 saturated carbocycles. The Kier molecular flexibility index (Phi) is 2.59. The summed E-state index contributed by atoms with van der Waals surface area (Å²) >= 11 is 3.54. The Morgan fingerprint density at radius 1 is 1.64 bits per heavy atom. The summed E-state index contributed by atoms with van der Waals surface area (Å²) in [5.41, 5.74) is 0.407. The minimum Gasteiger partial charge on any atom is -0.287 e. The van der Waals surface area contributed by atoms with E-state index in [2.05, 4.69) is 17.6 Å². The van der Waals surface area contributed by atoms with Crippen molar-refractivity contribution in [3.8, 4) is 0 Å². The third-order valence-electron chi connectivity index (χ3n) is 1.11. The Morgan fingerprint density at radius 3 is 2.91 bits per heavy atom. The lowest BCUT2D eigenvalue weighted by Gasteiger charge is -1.94. The summed E-state index contributed by atoms with van der Waals surface area (Å²) in [5, 5.41) is -0.317. The highest BCUT2D eigenvalue weighted by atomic mass is 32.1. The van der Waals surface area contributed by atoms with Crippen molar-refractivity contribution in [1.82, 2.24) is 4.98 Å². The Hall–Kier alpha value is -0.900. The highest BCUT2D eigenvalue weighted by Gasteiger charge is 1.99. The maximum atomic E-state index is 12.4. The molecule has 0 saturated heterocycles. The second-order valence-corrected chi connectivity index (χ2v) is 2.52. The summed E-state index contributed by atoms with van der Waals surface area (Å²) in [7, 11) is 0. The molecule has 0 spiro atoms. The molecule has 1 aromatic heterocycles. The lowest BCUT2D eigenvalue weighted by Crippen LogP contribution is -1.97. The maximum Gasteiger partial charge on any atom is 0.213 e. The molecule has 2 nitrogen and oxygen atoms in total. The number of halogens is 1. The minimum absolute atomic E-state index is 0.0703. The summed E-state index contributed by atoms with van der Waals surface area (Å²) in [6, 6.07) is 4.32. The van der Waals surface area contributed by atoms with Gasteiger partial charge in [0.2, 0.25) is 5.95 Å². The van der Waals surface area contributed by atoms with E-state index in [1.165, 1.54) is 12.1 Å². The normalized spacial score (nSPS) is 9.64. The molecule has 0 amide bonds. The van der Waals surface area contributed by atoms with Crippen molar-refractivity contribution in [2.45, 2.75) is 6.42 Å². The number of rotatable bonds is 2. The molecule has 1 aromatic rings. The number of hydrogen-bond acceptors (Lipinski definition) is 2. The molecule has 0 bridgehead atoms. The van der Waals surface area contributed by atoms with Crippen molar-refractivity contribution in [1.29, 1.82) is 0 Å². The topological polar surface area (TPSA) is 30.0 Å². The van der Waals surface area contributed by atoms with Crippen molar-refractivity contribution >= 4 is 17.7 Å². The van der Waals surface area contributed by atoms with Crippen molar-refractivity contribution in [2.75, 3.05) is 0 Å². The molecule has 0 unspecified atom stereocenters. The molecule has 0 aromatic carbocycles. The van der Waals surface area contributed by atoms with E-state index in [4.69, 9.17) is 0 Å². The second kappa shape index (κ2) is 3.48. The van der Waals surface area contributed by atoms with Crippen molar-refractivity contribution in [2.24, 2.45) is 0 Å². The molecule has 0 aliphatic heterocycles. The fraction of sp³-hybridized carbons (Fsp3) is 0.143. The molecule has 0 radical (unpaired) electrons. The van der Waals surface area contributed by atoms with Gasteiger partial charge in [-0.3, -0.25) is 4.79 Å². The van der Waals surface area contributed by atoms with Gasteiger partial charge >= 0.3 is 0 Å². The van der Waals surface area contributed by atoms with Crippen LogP contribution in [0.3, 0.4) is 0 Å². The quantitative estimate of drug-likeness (QED) is 0.535. The van der Waals surface area contributed by atoms with E-state index in [-0.39, 0.29) is 11.5 Å². The van der Waals surface area contributed by atoms with Gasteiger partial charge in [-0.15, -0.1) is 12.6 Å². The summed E-state index contributed by atoms with van der Waals surface area (Å²) in [6.45, 7) is 0. The van der Waals surface area contributed by atoms with Crippen molar-refractivity contribution in [3.63, 3.8) is 0 Å². The number of carbonyl (C=O) groups excluding carboxylic acids is 1. The third-order valence-corrected chi connectivity index (χ3v) is 1.26. The maximum absolute atomic E-state index is 12.4. The van der Waals surface area contributed by atoms with E-state index in [0.29, 0.717) is 5.69 Å². The number of pyridine rings is 1. The minimum atomic E-state index is -0.572. The van der Waals surface area contributed by atoms with Gasteiger partial charge in [-0.2, -0.15) is 4.39 Å². The molecule has 0 atom stereocenters. The molecule has 1 heterocycles. The van der Waals surface area contributed by atoms with Crippen LogP contribution in [-0.2, 0) is 11.2 Å². The second-order valence-electron chi connectivity index (χ2n) is 2.02. The van der Waals surface area contributed by atoms with E-state index in [0.717, 1.165) is 0 Å². The average Bonchev–Trinajstić information content (AvgIpc) is 1.85. The van der Waals surface area contributed by atoms with E-state index in [1.807, 2.05) is 0 Å². The van der Waals surface area contributed by atoms with Gasteiger partial charge in [-0.25, -0.2) is 4.98 Å². The predicted octanol–water partition coefficient (Wildman–Crippen LogP) is 1.22. The molecule has 0 N–H and O–H groups in total. The van der Waals surface area contributed by atoms with Crippen LogP contribution in [-0.4, -0.2) is 10.1 Å². The fourth-order valence-electron chi connectivity index (χ4n) is 0.704. The van der Waals surface area contributed by atoms with Crippen molar-refractivity contribution in [3.05, 3.63) is 29.8 Å². The van der Waals surface area contributed by atoms with E-state index in [9.17, 15) is 9.18 Å². The molecule has 4 heteroatoms. The zero-order valence-electron chi connectivity index (χ0n) is 5.62. The summed E-state index contributed by atoms with van der Waals surface area (Å²) < 4.78 is 12.4. The van der Waals surface area contributed by atoms with E-state index < -0.39 is 5.95 Å². The van der Waals surface area contributed by atoms with E-state index in [1.54, 1.807) is 6.07 Å². The van der Waals surface area contributed by atoms with Crippen LogP contribution in [0.2, 0.25) is 0 Å². The number of thiol groups is 1. The van der Waals surface area contributed by atoms with Crippen LogP contribution in [0.5, 0.6) is 0 Å². The van der Waals surface area contributed by atoms with Crippen LogP contribution in [0.25, 0.3) is 0 Å². The monoisotopic (exact) mass is 171 g/mol. The fourth-order valence-corrected chi connectivity index (χ4v) is 0.866. The van der Waals surface area contributed by atoms with Crippen LogP contribution in [0.1, 0.15) is 5.69 Å². The van der Waals surface area contributed by atoms with Gasteiger partial charge in [0.25, 0.3) is 0 Å². The lowest BCUT2D eigenvalue weighted by atomic mass is 10.3. The number of nitrogens with zero attached hydrogens (tertiary/aromatic N) is 1. The SMILES string of the molecule is O=C(S)Cc1cccc(F)n1. The molecule has 0 fully saturated rings. The van der Waals surface area contributed by atoms with Gasteiger partial charge in [0.15, 0.2) is 5.12 Å². The number of aromatic nitrogens is 1. The first-order valence-corrected chi connectivity index (χ1v) is 3.46.